The maximum absolute atomic E-state index is 13.0. The molecule has 0 saturated carbocycles. The van der Waals surface area contributed by atoms with Gasteiger partial charge in [-0.1, -0.05) is 6.07 Å². The number of benzene rings is 2. The highest BCUT2D eigenvalue weighted by atomic mass is 32.1. The van der Waals surface area contributed by atoms with E-state index in [0.717, 1.165) is 4.90 Å². The standard InChI is InChI=1S/C25H21F2N5O6S/c1-25(2,22-30-18-15(38-23(26)27)4-3-5-16(18)39-22)31-24(37)28-11-6-7-12-13(10-11)21(36)32(20(12)35)14-8-9-17(33)29-19(14)34/h3-7,10,14,23H,8-9H2,1-2H3,(H2,28,31,37)(H,29,33,34). The lowest BCUT2D eigenvalue weighted by Crippen LogP contribution is -2.54. The smallest absolute Gasteiger partial charge is 0.387 e. The van der Waals surface area contributed by atoms with Gasteiger partial charge in [0.15, 0.2) is 5.75 Å². The zero-order chi connectivity index (χ0) is 28.1. The number of fused-ring (bicyclic) bond motifs is 2. The second-order valence-corrected chi connectivity index (χ2v) is 10.4. The molecule has 0 radical (unpaired) electrons. The fourth-order valence-electron chi connectivity index (χ4n) is 4.43. The number of halogens is 2. The molecule has 3 N–H and O–H groups in total. The third-order valence-corrected chi connectivity index (χ3v) is 7.60. The lowest BCUT2D eigenvalue weighted by atomic mass is 10.0. The van der Waals surface area contributed by atoms with Crippen LogP contribution in [0.15, 0.2) is 36.4 Å². The Hall–Kier alpha value is -4.46. The minimum absolute atomic E-state index is 0.00177. The van der Waals surface area contributed by atoms with Crippen molar-refractivity contribution in [3.05, 3.63) is 52.5 Å². The van der Waals surface area contributed by atoms with E-state index in [1.54, 1.807) is 26.0 Å². The number of amides is 6. The van der Waals surface area contributed by atoms with E-state index >= 15 is 0 Å². The number of nitrogens with one attached hydrogen (secondary N) is 3. The van der Waals surface area contributed by atoms with Crippen molar-refractivity contribution in [1.82, 2.24) is 20.5 Å². The Morgan fingerprint density at radius 1 is 1.15 bits per heavy atom. The van der Waals surface area contributed by atoms with Gasteiger partial charge in [0.1, 0.15) is 16.6 Å². The van der Waals surface area contributed by atoms with Gasteiger partial charge >= 0.3 is 12.6 Å². The van der Waals surface area contributed by atoms with E-state index in [4.69, 9.17) is 0 Å². The predicted molar refractivity (Wildman–Crippen MR) is 135 cm³/mol. The lowest BCUT2D eigenvalue weighted by Gasteiger charge is -2.27. The van der Waals surface area contributed by atoms with Crippen molar-refractivity contribution in [3.63, 3.8) is 0 Å². The van der Waals surface area contributed by atoms with Crippen LogP contribution in [0.5, 0.6) is 5.75 Å². The molecule has 14 heteroatoms. The van der Waals surface area contributed by atoms with E-state index in [1.165, 1.54) is 35.6 Å². The van der Waals surface area contributed by atoms with Crippen molar-refractivity contribution in [2.75, 3.05) is 5.32 Å². The number of piperidine rings is 1. The van der Waals surface area contributed by atoms with Crippen LogP contribution < -0.4 is 20.7 Å². The van der Waals surface area contributed by atoms with Crippen molar-refractivity contribution in [3.8, 4) is 5.75 Å². The number of thiazole rings is 1. The van der Waals surface area contributed by atoms with E-state index in [0.29, 0.717) is 9.71 Å². The lowest BCUT2D eigenvalue weighted by molar-refractivity contribution is -0.136. The van der Waals surface area contributed by atoms with Crippen LogP contribution in [-0.2, 0) is 15.1 Å². The molecule has 39 heavy (non-hydrogen) atoms. The highest BCUT2D eigenvalue weighted by Crippen LogP contribution is 2.35. The molecular weight excluding hydrogens is 536 g/mol. The zero-order valence-electron chi connectivity index (χ0n) is 20.5. The second kappa shape index (κ2) is 9.69. The summed E-state index contributed by atoms with van der Waals surface area (Å²) in [5, 5.41) is 7.94. The molecule has 1 fully saturated rings. The van der Waals surface area contributed by atoms with Crippen molar-refractivity contribution in [1.29, 1.82) is 0 Å². The van der Waals surface area contributed by atoms with Gasteiger partial charge in [0.2, 0.25) is 11.8 Å². The van der Waals surface area contributed by atoms with Crippen LogP contribution in [-0.4, -0.2) is 52.2 Å². The summed E-state index contributed by atoms with van der Waals surface area (Å²) < 4.78 is 30.7. The third kappa shape index (κ3) is 4.90. The fourth-order valence-corrected chi connectivity index (χ4v) is 5.47. The van der Waals surface area contributed by atoms with Crippen LogP contribution in [0.4, 0.5) is 19.3 Å². The molecule has 0 bridgehead atoms. The molecule has 202 valence electrons. The first-order valence-electron chi connectivity index (χ1n) is 11.7. The number of nitrogens with zero attached hydrogens (tertiary/aromatic N) is 2. The molecule has 1 atom stereocenters. The number of ether oxygens (including phenoxy) is 1. The van der Waals surface area contributed by atoms with Crippen molar-refractivity contribution >= 4 is 56.9 Å². The van der Waals surface area contributed by atoms with Crippen LogP contribution in [0.3, 0.4) is 0 Å². The van der Waals surface area contributed by atoms with Gasteiger partial charge < -0.3 is 15.4 Å². The molecule has 1 unspecified atom stereocenters. The first-order chi connectivity index (χ1) is 18.4. The Labute approximate surface area is 223 Å². The van der Waals surface area contributed by atoms with Gasteiger partial charge in [0.05, 0.1) is 21.4 Å². The number of aromatic nitrogens is 1. The van der Waals surface area contributed by atoms with Crippen molar-refractivity contribution < 1.29 is 37.5 Å². The number of alkyl halides is 2. The monoisotopic (exact) mass is 557 g/mol. The van der Waals surface area contributed by atoms with E-state index in [2.05, 4.69) is 25.7 Å². The molecule has 0 aliphatic carbocycles. The molecule has 6 amide bonds. The summed E-state index contributed by atoms with van der Waals surface area (Å²) in [7, 11) is 0. The number of hydrogen-bond acceptors (Lipinski definition) is 8. The number of rotatable bonds is 6. The summed E-state index contributed by atoms with van der Waals surface area (Å²) in [4.78, 5) is 67.6. The minimum atomic E-state index is -3.01. The Kier molecular flexibility index (Phi) is 6.50. The summed E-state index contributed by atoms with van der Waals surface area (Å²) in [5.74, 6) is -2.63. The minimum Gasteiger partial charge on any atom is -0.432 e. The maximum Gasteiger partial charge on any atom is 0.387 e. The van der Waals surface area contributed by atoms with Gasteiger partial charge in [-0.25, -0.2) is 9.78 Å². The average molecular weight is 558 g/mol. The molecule has 2 aliphatic rings. The number of carbonyl (C=O) groups is 5. The fraction of sp³-hybridized carbons (Fsp3) is 0.280. The van der Waals surface area contributed by atoms with Crippen LogP contribution >= 0.6 is 11.3 Å². The van der Waals surface area contributed by atoms with Crippen LogP contribution in [0.1, 0.15) is 52.4 Å². The van der Waals surface area contributed by atoms with E-state index in [1.807, 2.05) is 0 Å². The van der Waals surface area contributed by atoms with Crippen LogP contribution in [0.2, 0.25) is 0 Å². The van der Waals surface area contributed by atoms with Gasteiger partial charge in [0, 0.05) is 12.1 Å². The summed E-state index contributed by atoms with van der Waals surface area (Å²) in [6.45, 7) is 0.352. The van der Waals surface area contributed by atoms with Gasteiger partial charge in [-0.3, -0.25) is 29.4 Å². The molecule has 11 nitrogen and oxygen atoms in total. The topological polar surface area (TPSA) is 147 Å². The molecule has 1 aromatic heterocycles. The Morgan fingerprint density at radius 3 is 2.62 bits per heavy atom. The quantitative estimate of drug-likeness (QED) is 0.394. The van der Waals surface area contributed by atoms with Gasteiger partial charge in [0.25, 0.3) is 11.8 Å². The zero-order valence-corrected chi connectivity index (χ0v) is 21.4. The molecule has 2 aliphatic heterocycles. The largest absolute Gasteiger partial charge is 0.432 e. The Morgan fingerprint density at radius 2 is 1.90 bits per heavy atom. The molecule has 3 aromatic rings. The molecular formula is C25H21F2N5O6S. The second-order valence-electron chi connectivity index (χ2n) is 9.41. The molecule has 5 rings (SSSR count). The van der Waals surface area contributed by atoms with E-state index in [-0.39, 0.29) is 40.9 Å². The van der Waals surface area contributed by atoms with Crippen molar-refractivity contribution in [2.45, 2.75) is 44.9 Å². The highest BCUT2D eigenvalue weighted by Gasteiger charge is 2.44. The number of para-hydroxylation sites is 1. The molecule has 0 spiro atoms. The third-order valence-electron chi connectivity index (χ3n) is 6.26. The number of urea groups is 1. The SMILES string of the molecule is CC(C)(NC(=O)Nc1ccc2c(c1)C(=O)N(C1CCC(=O)NC1=O)C2=O)c1nc2c(OC(F)F)cccc2s1. The van der Waals surface area contributed by atoms with Crippen molar-refractivity contribution in [2.24, 2.45) is 0 Å². The average Bonchev–Trinajstić information content (AvgIpc) is 3.40. The first-order valence-corrected chi connectivity index (χ1v) is 12.6. The maximum atomic E-state index is 13.0. The summed E-state index contributed by atoms with van der Waals surface area (Å²) in [6, 6.07) is 7.04. The normalized spacial score (nSPS) is 17.5. The summed E-state index contributed by atoms with van der Waals surface area (Å²) in [6.07, 6.45) is 0.0298. The van der Waals surface area contributed by atoms with Gasteiger partial charge in [-0.15, -0.1) is 11.3 Å². The van der Waals surface area contributed by atoms with Gasteiger partial charge in [-0.05, 0) is 50.6 Å². The van der Waals surface area contributed by atoms with E-state index < -0.39 is 47.9 Å². The predicted octanol–water partition coefficient (Wildman–Crippen LogP) is 3.36. The van der Waals surface area contributed by atoms with Crippen LogP contribution in [0, 0.1) is 0 Å². The molecule has 2 aromatic carbocycles. The number of imide groups is 2. The Balaban J connectivity index is 1.31. The number of carbonyl (C=O) groups excluding carboxylic acids is 5. The Bertz CT molecular complexity index is 1550. The van der Waals surface area contributed by atoms with E-state index in [9.17, 15) is 32.8 Å². The molecule has 1 saturated heterocycles. The number of hydrogen-bond donors (Lipinski definition) is 3. The summed E-state index contributed by atoms with van der Waals surface area (Å²) >= 11 is 1.20. The van der Waals surface area contributed by atoms with Crippen LogP contribution in [0.25, 0.3) is 10.2 Å². The number of anilines is 1. The highest BCUT2D eigenvalue weighted by molar-refractivity contribution is 7.18. The summed E-state index contributed by atoms with van der Waals surface area (Å²) in [5.41, 5.74) is -0.478. The molecule has 3 heterocycles. The van der Waals surface area contributed by atoms with Gasteiger partial charge in [-0.2, -0.15) is 8.78 Å². The first kappa shape index (κ1) is 26.2.